The van der Waals surface area contributed by atoms with Crippen molar-refractivity contribution in [2.75, 3.05) is 14.1 Å². The maximum atomic E-state index is 11.5. The van der Waals surface area contributed by atoms with E-state index in [0.29, 0.717) is 0 Å². The quantitative estimate of drug-likeness (QED) is 0.749. The summed E-state index contributed by atoms with van der Waals surface area (Å²) in [6, 6.07) is 14.7. The lowest BCUT2D eigenvalue weighted by Gasteiger charge is -2.48. The minimum Gasteiger partial charge on any atom is -0.384 e. The maximum absolute atomic E-state index is 11.5. The van der Waals surface area contributed by atoms with Gasteiger partial charge < -0.3 is 10.1 Å². The van der Waals surface area contributed by atoms with Crippen molar-refractivity contribution in [3.8, 4) is 0 Å². The molecule has 2 N–H and O–H groups in total. The highest BCUT2D eigenvalue weighted by atomic mass is 16.3. The second kappa shape index (κ2) is 6.22. The third-order valence-corrected chi connectivity index (χ3v) is 6.37. The Morgan fingerprint density at radius 2 is 1.69 bits per heavy atom. The number of aromatic amines is 1. The number of nitrogens with zero attached hydrogens (tertiary/aromatic N) is 2. The van der Waals surface area contributed by atoms with E-state index in [9.17, 15) is 5.11 Å². The van der Waals surface area contributed by atoms with E-state index in [0.717, 1.165) is 48.0 Å². The van der Waals surface area contributed by atoms with Crippen LogP contribution >= 0.6 is 0 Å². The first-order chi connectivity index (χ1) is 12.5. The summed E-state index contributed by atoms with van der Waals surface area (Å²) in [5.41, 5.74) is 3.41. The number of H-pyrrole nitrogens is 1. The van der Waals surface area contributed by atoms with Crippen molar-refractivity contribution in [3.05, 3.63) is 65.5 Å². The van der Waals surface area contributed by atoms with E-state index in [1.807, 2.05) is 6.07 Å². The molecule has 0 aliphatic heterocycles. The Bertz CT molecular complexity index is 906. The van der Waals surface area contributed by atoms with Crippen LogP contribution in [-0.4, -0.2) is 34.1 Å². The Morgan fingerprint density at radius 1 is 1.00 bits per heavy atom. The number of aliphatic hydroxyl groups is 1. The molecule has 0 unspecified atom stereocenters. The fourth-order valence-corrected chi connectivity index (χ4v) is 4.69. The molecule has 4 heteroatoms. The highest BCUT2D eigenvalue weighted by Gasteiger charge is 2.46. The third-order valence-electron chi connectivity index (χ3n) is 6.37. The number of fused-ring (bicyclic) bond motifs is 1. The first-order valence-electron chi connectivity index (χ1n) is 9.35. The molecule has 2 heterocycles. The van der Waals surface area contributed by atoms with Crippen molar-refractivity contribution in [1.82, 2.24) is 14.9 Å². The molecule has 4 rings (SSSR count). The number of hydrogen-bond donors (Lipinski definition) is 2. The maximum Gasteiger partial charge on any atom is 0.137 e. The zero-order valence-corrected chi connectivity index (χ0v) is 15.8. The first kappa shape index (κ1) is 17.3. The molecule has 0 radical (unpaired) electrons. The number of hydrogen-bond acceptors (Lipinski definition) is 3. The fourth-order valence-electron chi connectivity index (χ4n) is 4.69. The Kier molecular flexibility index (Phi) is 4.13. The SMILES string of the molecule is Cc1c(C2(O)CCC(c3ccccc3)(N(C)C)CC2)[nH]c2ncccc12. The van der Waals surface area contributed by atoms with Crippen molar-refractivity contribution in [2.45, 2.75) is 43.7 Å². The lowest BCUT2D eigenvalue weighted by Crippen LogP contribution is -2.48. The molecule has 26 heavy (non-hydrogen) atoms. The molecular weight excluding hydrogens is 322 g/mol. The number of benzene rings is 1. The molecule has 0 bridgehead atoms. The van der Waals surface area contributed by atoms with Gasteiger partial charge in [0.05, 0.1) is 5.69 Å². The second-order valence-electron chi connectivity index (χ2n) is 7.85. The average molecular weight is 349 g/mol. The number of pyridine rings is 1. The van der Waals surface area contributed by atoms with Crippen molar-refractivity contribution in [1.29, 1.82) is 0 Å². The number of aromatic nitrogens is 2. The number of aryl methyl sites for hydroxylation is 1. The molecule has 4 nitrogen and oxygen atoms in total. The summed E-state index contributed by atoms with van der Waals surface area (Å²) in [5, 5.41) is 12.6. The average Bonchev–Trinajstić information content (AvgIpc) is 3.01. The van der Waals surface area contributed by atoms with Crippen LogP contribution in [0.15, 0.2) is 48.7 Å². The van der Waals surface area contributed by atoms with Crippen LogP contribution in [0, 0.1) is 6.92 Å². The summed E-state index contributed by atoms with van der Waals surface area (Å²) in [7, 11) is 4.30. The molecule has 3 aromatic rings. The zero-order chi connectivity index (χ0) is 18.4. The smallest absolute Gasteiger partial charge is 0.137 e. The lowest BCUT2D eigenvalue weighted by molar-refractivity contribution is -0.0536. The number of nitrogens with one attached hydrogen (secondary N) is 1. The van der Waals surface area contributed by atoms with Crippen molar-refractivity contribution in [2.24, 2.45) is 0 Å². The van der Waals surface area contributed by atoms with E-state index in [-0.39, 0.29) is 5.54 Å². The van der Waals surface area contributed by atoms with E-state index in [2.05, 4.69) is 72.3 Å². The van der Waals surface area contributed by atoms with Gasteiger partial charge in [0.2, 0.25) is 0 Å². The predicted octanol–water partition coefficient (Wildman–Crippen LogP) is 4.09. The Balaban J connectivity index is 1.68. The standard InChI is InChI=1S/C22H27N3O/c1-16-18-10-7-15-23-20(18)24-19(16)22(26)13-11-21(12-14-22,25(2)3)17-8-5-4-6-9-17/h4-10,15,26H,11-14H2,1-3H3,(H,23,24). The summed E-state index contributed by atoms with van der Waals surface area (Å²) in [6.45, 7) is 2.08. The summed E-state index contributed by atoms with van der Waals surface area (Å²) < 4.78 is 0. The van der Waals surface area contributed by atoms with Crippen molar-refractivity contribution < 1.29 is 5.11 Å². The zero-order valence-electron chi connectivity index (χ0n) is 15.8. The van der Waals surface area contributed by atoms with Gasteiger partial charge >= 0.3 is 0 Å². The molecule has 1 aliphatic carbocycles. The van der Waals surface area contributed by atoms with Gasteiger partial charge in [0.15, 0.2) is 0 Å². The molecule has 1 saturated carbocycles. The van der Waals surface area contributed by atoms with Crippen LogP contribution < -0.4 is 0 Å². The van der Waals surface area contributed by atoms with Crippen molar-refractivity contribution >= 4 is 11.0 Å². The monoisotopic (exact) mass is 349 g/mol. The Morgan fingerprint density at radius 3 is 2.31 bits per heavy atom. The highest BCUT2D eigenvalue weighted by Crippen LogP contribution is 2.48. The minimum absolute atomic E-state index is 0.0222. The van der Waals surface area contributed by atoms with Crippen LogP contribution in [0.3, 0.4) is 0 Å². The van der Waals surface area contributed by atoms with E-state index in [1.165, 1.54) is 5.56 Å². The summed E-state index contributed by atoms with van der Waals surface area (Å²) in [5.74, 6) is 0. The largest absolute Gasteiger partial charge is 0.384 e. The molecule has 1 aromatic carbocycles. The van der Waals surface area contributed by atoms with Gasteiger partial charge in [0.25, 0.3) is 0 Å². The van der Waals surface area contributed by atoms with Gasteiger partial charge in [0, 0.05) is 17.1 Å². The van der Waals surface area contributed by atoms with Gasteiger partial charge in [-0.2, -0.15) is 0 Å². The molecule has 0 spiro atoms. The molecule has 0 atom stereocenters. The van der Waals surface area contributed by atoms with E-state index < -0.39 is 5.60 Å². The predicted molar refractivity (Wildman–Crippen MR) is 105 cm³/mol. The Labute approximate surface area is 154 Å². The van der Waals surface area contributed by atoms with Crippen LogP contribution in [-0.2, 0) is 11.1 Å². The number of rotatable bonds is 3. The van der Waals surface area contributed by atoms with Crippen LogP contribution in [0.2, 0.25) is 0 Å². The summed E-state index contributed by atoms with van der Waals surface area (Å²) in [4.78, 5) is 10.1. The van der Waals surface area contributed by atoms with Crippen LogP contribution in [0.5, 0.6) is 0 Å². The van der Waals surface area contributed by atoms with Crippen LogP contribution in [0.1, 0.15) is 42.5 Å². The lowest BCUT2D eigenvalue weighted by atomic mass is 9.68. The molecule has 0 saturated heterocycles. The minimum atomic E-state index is -0.820. The van der Waals surface area contributed by atoms with Crippen molar-refractivity contribution in [3.63, 3.8) is 0 Å². The molecule has 1 aliphatic rings. The van der Waals surface area contributed by atoms with Gasteiger partial charge in [-0.1, -0.05) is 30.3 Å². The molecule has 2 aromatic heterocycles. The third kappa shape index (κ3) is 2.56. The van der Waals surface area contributed by atoms with E-state index in [4.69, 9.17) is 0 Å². The van der Waals surface area contributed by atoms with E-state index in [1.54, 1.807) is 6.20 Å². The molecular formula is C22H27N3O. The Hall–Kier alpha value is -2.17. The van der Waals surface area contributed by atoms with Gasteiger partial charge in [-0.25, -0.2) is 4.98 Å². The first-order valence-corrected chi connectivity index (χ1v) is 9.35. The van der Waals surface area contributed by atoms with Crippen LogP contribution in [0.25, 0.3) is 11.0 Å². The topological polar surface area (TPSA) is 52.1 Å². The van der Waals surface area contributed by atoms with Crippen LogP contribution in [0.4, 0.5) is 0 Å². The second-order valence-corrected chi connectivity index (χ2v) is 7.85. The van der Waals surface area contributed by atoms with Gasteiger partial charge in [-0.3, -0.25) is 4.90 Å². The highest BCUT2D eigenvalue weighted by molar-refractivity contribution is 5.81. The normalized spacial score (nSPS) is 26.5. The summed E-state index contributed by atoms with van der Waals surface area (Å²) >= 11 is 0. The van der Waals surface area contributed by atoms with Gasteiger partial charge in [-0.05, 0) is 70.0 Å². The van der Waals surface area contributed by atoms with Gasteiger partial charge in [-0.15, -0.1) is 0 Å². The summed E-state index contributed by atoms with van der Waals surface area (Å²) in [6.07, 6.45) is 5.09. The van der Waals surface area contributed by atoms with Gasteiger partial charge in [0.1, 0.15) is 11.2 Å². The molecule has 0 amide bonds. The van der Waals surface area contributed by atoms with E-state index >= 15 is 0 Å². The fraction of sp³-hybridized carbons (Fsp3) is 0.409. The molecule has 1 fully saturated rings. The molecule has 136 valence electrons.